The first-order chi connectivity index (χ1) is 12.3. The summed E-state index contributed by atoms with van der Waals surface area (Å²) >= 11 is 0. The molecule has 0 aliphatic heterocycles. The molecule has 0 radical (unpaired) electrons. The molecule has 8 heteroatoms. The molecule has 0 aliphatic rings. The van der Waals surface area contributed by atoms with Crippen molar-refractivity contribution < 1.29 is 23.9 Å². The summed E-state index contributed by atoms with van der Waals surface area (Å²) in [6, 6.07) is 0. The van der Waals surface area contributed by atoms with Crippen LogP contribution >= 0.6 is 0 Å². The average molecular weight is 359 g/mol. The number of rotatable bonds is 6. The van der Waals surface area contributed by atoms with Gasteiger partial charge in [0.2, 0.25) is 5.78 Å². The first kappa shape index (κ1) is 19.3. The molecule has 2 aromatic rings. The van der Waals surface area contributed by atoms with Gasteiger partial charge in [0.15, 0.2) is 11.8 Å². The Morgan fingerprint density at radius 2 is 1.81 bits per heavy atom. The lowest BCUT2D eigenvalue weighted by Gasteiger charge is -2.12. The van der Waals surface area contributed by atoms with E-state index in [2.05, 4.69) is 15.0 Å². The van der Waals surface area contributed by atoms with Gasteiger partial charge in [-0.2, -0.15) is 0 Å². The molecule has 1 N–H and O–H groups in total. The number of nitrogens with one attached hydrogen (secondary N) is 1. The number of nitrogens with zero attached hydrogens (tertiary/aromatic N) is 2. The van der Waals surface area contributed by atoms with Crippen LogP contribution < -0.4 is 0 Å². The maximum Gasteiger partial charge on any atom is 0.359 e. The summed E-state index contributed by atoms with van der Waals surface area (Å²) in [6.45, 7) is 8.46. The van der Waals surface area contributed by atoms with Gasteiger partial charge in [0, 0.05) is 11.9 Å². The van der Waals surface area contributed by atoms with Crippen LogP contribution in [0.25, 0.3) is 0 Å². The first-order valence-corrected chi connectivity index (χ1v) is 8.16. The summed E-state index contributed by atoms with van der Waals surface area (Å²) in [5.41, 5.74) is 2.19. The largest absolute Gasteiger partial charge is 0.462 e. The SMILES string of the molecule is CCOC(=O)c1c(C)[nH]c(C(=O)[C@@H](C)OC(=O)c2cnc(C)cn2)c1C. The molecule has 0 spiro atoms. The van der Waals surface area contributed by atoms with Crippen LogP contribution in [0.2, 0.25) is 0 Å². The zero-order chi connectivity index (χ0) is 19.4. The molecule has 2 aromatic heterocycles. The molecule has 2 heterocycles. The number of carbonyl (C=O) groups excluding carboxylic acids is 3. The summed E-state index contributed by atoms with van der Waals surface area (Å²) in [5, 5.41) is 0. The van der Waals surface area contributed by atoms with Crippen LogP contribution in [-0.4, -0.2) is 45.4 Å². The van der Waals surface area contributed by atoms with Gasteiger partial charge >= 0.3 is 11.9 Å². The molecule has 0 amide bonds. The van der Waals surface area contributed by atoms with Gasteiger partial charge in [0.1, 0.15) is 0 Å². The van der Waals surface area contributed by atoms with Gasteiger partial charge in [0.25, 0.3) is 0 Å². The number of Topliss-reactive ketones (excluding diaryl/α,β-unsaturated/α-hetero) is 1. The second-order valence-electron chi connectivity index (χ2n) is 5.80. The molecule has 0 bridgehead atoms. The number of aryl methyl sites for hydroxylation is 2. The minimum Gasteiger partial charge on any atom is -0.462 e. The summed E-state index contributed by atoms with van der Waals surface area (Å²) in [7, 11) is 0. The highest BCUT2D eigenvalue weighted by atomic mass is 16.5. The average Bonchev–Trinajstić information content (AvgIpc) is 2.89. The number of aromatic nitrogens is 3. The Morgan fingerprint density at radius 1 is 1.12 bits per heavy atom. The minimum absolute atomic E-state index is 0.0156. The topological polar surface area (TPSA) is 111 Å². The summed E-state index contributed by atoms with van der Waals surface area (Å²) in [6.07, 6.45) is 1.67. The second-order valence-corrected chi connectivity index (χ2v) is 5.80. The molecule has 0 fully saturated rings. The van der Waals surface area contributed by atoms with E-state index in [0.717, 1.165) is 0 Å². The molecule has 0 aromatic carbocycles. The van der Waals surface area contributed by atoms with Gasteiger partial charge in [-0.25, -0.2) is 14.6 Å². The molecule has 8 nitrogen and oxygen atoms in total. The van der Waals surface area contributed by atoms with Gasteiger partial charge in [-0.1, -0.05) is 0 Å². The van der Waals surface area contributed by atoms with Crippen molar-refractivity contribution in [3.05, 3.63) is 46.3 Å². The maximum absolute atomic E-state index is 12.6. The molecule has 0 saturated heterocycles. The molecular weight excluding hydrogens is 338 g/mol. The minimum atomic E-state index is -1.06. The van der Waals surface area contributed by atoms with Crippen LogP contribution in [0.4, 0.5) is 0 Å². The van der Waals surface area contributed by atoms with Crippen LogP contribution in [0.5, 0.6) is 0 Å². The van der Waals surface area contributed by atoms with Crippen molar-refractivity contribution in [3.8, 4) is 0 Å². The highest BCUT2D eigenvalue weighted by Gasteiger charge is 2.28. The highest BCUT2D eigenvalue weighted by Crippen LogP contribution is 2.21. The molecule has 1 atom stereocenters. The lowest BCUT2D eigenvalue weighted by atomic mass is 10.1. The van der Waals surface area contributed by atoms with Crippen molar-refractivity contribution in [2.24, 2.45) is 0 Å². The zero-order valence-electron chi connectivity index (χ0n) is 15.4. The van der Waals surface area contributed by atoms with E-state index in [1.807, 2.05) is 0 Å². The number of hydrogen-bond donors (Lipinski definition) is 1. The molecule has 0 aliphatic carbocycles. The third-order valence-electron chi connectivity index (χ3n) is 3.81. The Hall–Kier alpha value is -3.03. The van der Waals surface area contributed by atoms with E-state index in [4.69, 9.17) is 9.47 Å². The van der Waals surface area contributed by atoms with Crippen molar-refractivity contribution in [2.75, 3.05) is 6.61 Å². The fourth-order valence-corrected chi connectivity index (χ4v) is 2.48. The number of aromatic amines is 1. The predicted molar refractivity (Wildman–Crippen MR) is 92.2 cm³/mol. The third-order valence-corrected chi connectivity index (χ3v) is 3.81. The second kappa shape index (κ2) is 7.90. The number of esters is 2. The standard InChI is InChI=1S/C18H21N3O5/c1-6-25-18(24)14-10(3)15(21-11(14)4)16(22)12(5)26-17(23)13-8-19-9(2)7-20-13/h7-8,12,21H,6H2,1-5H3/t12-/m1/s1. The van der Waals surface area contributed by atoms with E-state index in [0.29, 0.717) is 22.5 Å². The molecule has 0 unspecified atom stereocenters. The van der Waals surface area contributed by atoms with E-state index in [1.54, 1.807) is 27.7 Å². The van der Waals surface area contributed by atoms with E-state index in [-0.39, 0.29) is 18.0 Å². The van der Waals surface area contributed by atoms with E-state index in [1.165, 1.54) is 19.3 Å². The third kappa shape index (κ3) is 3.96. The van der Waals surface area contributed by atoms with E-state index < -0.39 is 23.8 Å². The Labute approximate surface area is 150 Å². The normalized spacial score (nSPS) is 11.7. The molecule has 0 saturated carbocycles. The Morgan fingerprint density at radius 3 is 2.38 bits per heavy atom. The van der Waals surface area contributed by atoms with Crippen LogP contribution in [-0.2, 0) is 9.47 Å². The lowest BCUT2D eigenvalue weighted by Crippen LogP contribution is -2.26. The maximum atomic E-state index is 12.6. The summed E-state index contributed by atoms with van der Waals surface area (Å²) < 4.78 is 10.2. The van der Waals surface area contributed by atoms with Gasteiger partial charge in [-0.3, -0.25) is 9.78 Å². The number of ketones is 1. The fraction of sp³-hybridized carbons (Fsp3) is 0.389. The van der Waals surface area contributed by atoms with Crippen LogP contribution in [0, 0.1) is 20.8 Å². The van der Waals surface area contributed by atoms with Crippen molar-refractivity contribution in [2.45, 2.75) is 40.7 Å². The Bertz CT molecular complexity index is 839. The zero-order valence-corrected chi connectivity index (χ0v) is 15.4. The molecule has 2 rings (SSSR count). The van der Waals surface area contributed by atoms with Crippen LogP contribution in [0.3, 0.4) is 0 Å². The number of ether oxygens (including phenoxy) is 2. The van der Waals surface area contributed by atoms with Crippen LogP contribution in [0.15, 0.2) is 12.4 Å². The fourth-order valence-electron chi connectivity index (χ4n) is 2.48. The van der Waals surface area contributed by atoms with Gasteiger partial charge < -0.3 is 14.5 Å². The van der Waals surface area contributed by atoms with Gasteiger partial charge in [-0.05, 0) is 40.2 Å². The monoisotopic (exact) mass is 359 g/mol. The Kier molecular flexibility index (Phi) is 5.86. The van der Waals surface area contributed by atoms with Crippen molar-refractivity contribution >= 4 is 17.7 Å². The predicted octanol–water partition coefficient (Wildman–Crippen LogP) is 2.33. The number of H-pyrrole nitrogens is 1. The van der Waals surface area contributed by atoms with Gasteiger partial charge in [0.05, 0.1) is 29.8 Å². The molecular formula is C18H21N3O5. The number of hydrogen-bond acceptors (Lipinski definition) is 7. The van der Waals surface area contributed by atoms with Crippen molar-refractivity contribution in [1.29, 1.82) is 0 Å². The van der Waals surface area contributed by atoms with Gasteiger partial charge in [-0.15, -0.1) is 0 Å². The van der Waals surface area contributed by atoms with E-state index >= 15 is 0 Å². The first-order valence-electron chi connectivity index (χ1n) is 8.16. The lowest BCUT2D eigenvalue weighted by molar-refractivity contribution is 0.0310. The Balaban J connectivity index is 2.18. The summed E-state index contributed by atoms with van der Waals surface area (Å²) in [5.74, 6) is -1.70. The van der Waals surface area contributed by atoms with Crippen molar-refractivity contribution in [3.63, 3.8) is 0 Å². The summed E-state index contributed by atoms with van der Waals surface area (Å²) in [4.78, 5) is 47.5. The molecule has 26 heavy (non-hydrogen) atoms. The molecule has 138 valence electrons. The number of carbonyl (C=O) groups is 3. The van der Waals surface area contributed by atoms with E-state index in [9.17, 15) is 14.4 Å². The smallest absolute Gasteiger partial charge is 0.359 e. The highest BCUT2D eigenvalue weighted by molar-refractivity contribution is 6.04. The van der Waals surface area contributed by atoms with Crippen molar-refractivity contribution in [1.82, 2.24) is 15.0 Å². The quantitative estimate of drug-likeness (QED) is 0.622. The van der Waals surface area contributed by atoms with Crippen LogP contribution in [0.1, 0.15) is 62.1 Å².